The van der Waals surface area contributed by atoms with Gasteiger partial charge in [-0.1, -0.05) is 0 Å². The Labute approximate surface area is 236 Å². The number of halogens is 3. The summed E-state index contributed by atoms with van der Waals surface area (Å²) in [7, 11) is 1.59. The largest absolute Gasteiger partial charge is 0.415 e. The van der Waals surface area contributed by atoms with Crippen LogP contribution in [0.4, 0.5) is 29.9 Å². The van der Waals surface area contributed by atoms with E-state index in [9.17, 15) is 22.8 Å². The fourth-order valence-corrected chi connectivity index (χ4v) is 7.27. The Morgan fingerprint density at radius 2 is 2.07 bits per heavy atom. The van der Waals surface area contributed by atoms with Gasteiger partial charge in [0, 0.05) is 36.0 Å². The zero-order chi connectivity index (χ0) is 28.5. The zero-order valence-electron chi connectivity index (χ0n) is 22.2. The third-order valence-corrected chi connectivity index (χ3v) is 10.0. The number of thiophene rings is 1. The molecule has 3 heterocycles. The number of amides is 2. The Hall–Kier alpha value is -3.62. The first kappa shape index (κ1) is 26.3. The number of aromatic nitrogens is 5. The van der Waals surface area contributed by atoms with Gasteiger partial charge in [-0.25, -0.2) is 9.07 Å². The monoisotopic (exact) mass is 590 g/mol. The molecule has 1 spiro atoms. The standard InChI is InChI=1S/C26H29F3N8O3S/c1-36-18(9-19(35-36)40-24(28)29)32-25-34-30-11-37(25)14-2-3-16-15(8-14)20(22(39)31-17-10-26(17)4-5-26)23(41-16)33-21(38)12-6-13(27)7-12/h9,11-14,17,24H,2-8,10H2,1H3,(H,31,39)(H,32,34)(H,33,38)/t12-,13-,14-,17-/m0/s1. The highest BCUT2D eigenvalue weighted by Gasteiger charge is 2.63. The van der Waals surface area contributed by atoms with Crippen LogP contribution in [0.2, 0.25) is 0 Å². The van der Waals surface area contributed by atoms with Gasteiger partial charge in [-0.05, 0) is 62.3 Å². The van der Waals surface area contributed by atoms with Gasteiger partial charge in [-0.2, -0.15) is 8.78 Å². The van der Waals surface area contributed by atoms with E-state index in [1.165, 1.54) is 22.1 Å². The SMILES string of the molecule is Cn1nc(OC(F)F)cc1Nc1nncn1[C@H]1CCc2sc(NC(=O)[C@H]3C[C@H](F)C3)c(C(=O)N[C@H]3CC34CC4)c2C1. The van der Waals surface area contributed by atoms with Crippen molar-refractivity contribution >= 4 is 39.9 Å². The molecular formula is C26H29F3N8O3S. The number of hydrogen-bond donors (Lipinski definition) is 3. The summed E-state index contributed by atoms with van der Waals surface area (Å²) in [6, 6.07) is 1.40. The van der Waals surface area contributed by atoms with Gasteiger partial charge in [0.05, 0.1) is 5.56 Å². The van der Waals surface area contributed by atoms with Gasteiger partial charge >= 0.3 is 6.61 Å². The minimum Gasteiger partial charge on any atom is -0.415 e. The van der Waals surface area contributed by atoms with Crippen LogP contribution in [-0.2, 0) is 24.7 Å². The maximum Gasteiger partial charge on any atom is 0.388 e. The molecular weight excluding hydrogens is 561 g/mol. The van der Waals surface area contributed by atoms with Crippen molar-refractivity contribution in [1.29, 1.82) is 0 Å². The van der Waals surface area contributed by atoms with Gasteiger partial charge in [-0.3, -0.25) is 14.2 Å². The van der Waals surface area contributed by atoms with Crippen molar-refractivity contribution in [1.82, 2.24) is 29.9 Å². The van der Waals surface area contributed by atoms with E-state index in [-0.39, 0.29) is 54.0 Å². The molecule has 0 aliphatic heterocycles. The predicted molar refractivity (Wildman–Crippen MR) is 142 cm³/mol. The second kappa shape index (κ2) is 9.74. The maximum absolute atomic E-state index is 13.6. The van der Waals surface area contributed by atoms with Crippen molar-refractivity contribution in [3.63, 3.8) is 0 Å². The van der Waals surface area contributed by atoms with Crippen LogP contribution >= 0.6 is 11.3 Å². The highest BCUT2D eigenvalue weighted by atomic mass is 32.1. The molecule has 3 N–H and O–H groups in total. The second-order valence-corrected chi connectivity index (χ2v) is 12.6. The summed E-state index contributed by atoms with van der Waals surface area (Å²) in [5, 5.41) is 21.9. The van der Waals surface area contributed by atoms with Gasteiger partial charge in [0.1, 0.15) is 23.3 Å². The Morgan fingerprint density at radius 1 is 1.27 bits per heavy atom. The molecule has 4 aliphatic carbocycles. The van der Waals surface area contributed by atoms with Crippen LogP contribution in [0.15, 0.2) is 12.4 Å². The highest BCUT2D eigenvalue weighted by molar-refractivity contribution is 7.17. The van der Waals surface area contributed by atoms with Crippen molar-refractivity contribution in [2.24, 2.45) is 18.4 Å². The minimum atomic E-state index is -2.99. The molecule has 3 saturated carbocycles. The van der Waals surface area contributed by atoms with E-state index < -0.39 is 12.8 Å². The number of hydrogen-bond acceptors (Lipinski definition) is 8. The Bertz CT molecular complexity index is 1510. The van der Waals surface area contributed by atoms with E-state index >= 15 is 0 Å². The first-order chi connectivity index (χ1) is 19.7. The van der Waals surface area contributed by atoms with Crippen LogP contribution in [0, 0.1) is 11.3 Å². The van der Waals surface area contributed by atoms with Gasteiger partial charge < -0.3 is 20.7 Å². The van der Waals surface area contributed by atoms with Crippen LogP contribution < -0.4 is 20.7 Å². The predicted octanol–water partition coefficient (Wildman–Crippen LogP) is 4.12. The molecule has 15 heteroatoms. The topological polar surface area (TPSA) is 128 Å². The second-order valence-electron chi connectivity index (χ2n) is 11.5. The van der Waals surface area contributed by atoms with Crippen LogP contribution in [0.1, 0.15) is 65.4 Å². The molecule has 218 valence electrons. The summed E-state index contributed by atoms with van der Waals surface area (Å²) in [6.07, 6.45) is 6.24. The fraction of sp³-hybridized carbons (Fsp3) is 0.577. The Kier molecular flexibility index (Phi) is 6.24. The molecule has 0 aromatic carbocycles. The van der Waals surface area contributed by atoms with E-state index in [0.717, 1.165) is 36.1 Å². The van der Waals surface area contributed by atoms with E-state index in [1.807, 2.05) is 4.57 Å². The Morgan fingerprint density at radius 3 is 2.78 bits per heavy atom. The van der Waals surface area contributed by atoms with E-state index in [0.29, 0.717) is 35.2 Å². The van der Waals surface area contributed by atoms with Crippen molar-refractivity contribution in [3.8, 4) is 5.88 Å². The number of aryl methyl sites for hydroxylation is 2. The van der Waals surface area contributed by atoms with Crippen molar-refractivity contribution in [3.05, 3.63) is 28.4 Å². The normalized spacial score (nSPS) is 25.4. The highest BCUT2D eigenvalue weighted by Crippen LogP contribution is 2.66. The molecule has 0 bridgehead atoms. The summed E-state index contributed by atoms with van der Waals surface area (Å²) in [6.45, 7) is -2.99. The van der Waals surface area contributed by atoms with Crippen LogP contribution in [-0.4, -0.2) is 55.2 Å². The number of nitrogens with zero attached hydrogens (tertiary/aromatic N) is 5. The summed E-state index contributed by atoms with van der Waals surface area (Å²) in [5.41, 5.74) is 1.65. The van der Waals surface area contributed by atoms with Crippen molar-refractivity contribution < 1.29 is 27.5 Å². The molecule has 3 aromatic rings. The number of fused-ring (bicyclic) bond motifs is 1. The first-order valence-corrected chi connectivity index (χ1v) is 14.6. The summed E-state index contributed by atoms with van der Waals surface area (Å²) in [5.74, 6) is -0.265. The number of alkyl halides is 3. The fourth-order valence-electron chi connectivity index (χ4n) is 6.02. The van der Waals surface area contributed by atoms with E-state index in [2.05, 4.69) is 36.0 Å². The van der Waals surface area contributed by atoms with Crippen molar-refractivity contribution in [2.45, 2.75) is 76.2 Å². The van der Waals surface area contributed by atoms with Crippen molar-refractivity contribution in [2.75, 3.05) is 10.6 Å². The van der Waals surface area contributed by atoms with Gasteiger partial charge in [0.25, 0.3) is 5.91 Å². The minimum absolute atomic E-state index is 0.107. The van der Waals surface area contributed by atoms with Gasteiger partial charge in [0.2, 0.25) is 17.7 Å². The molecule has 0 unspecified atom stereocenters. The molecule has 2 atom stereocenters. The van der Waals surface area contributed by atoms with Gasteiger partial charge in [-0.15, -0.1) is 26.6 Å². The van der Waals surface area contributed by atoms with Crippen LogP contribution in [0.25, 0.3) is 0 Å². The first-order valence-electron chi connectivity index (χ1n) is 13.7. The number of carbonyl (C=O) groups is 2. The lowest BCUT2D eigenvalue weighted by Gasteiger charge is -2.28. The van der Waals surface area contributed by atoms with Crippen LogP contribution in [0.3, 0.4) is 0 Å². The number of nitrogens with one attached hydrogen (secondary N) is 3. The lowest BCUT2D eigenvalue weighted by atomic mass is 9.83. The third-order valence-electron chi connectivity index (χ3n) is 8.81. The van der Waals surface area contributed by atoms with Gasteiger partial charge in [0.15, 0.2) is 0 Å². The average Bonchev–Trinajstić information content (AvgIpc) is 3.62. The maximum atomic E-state index is 13.6. The number of anilines is 3. The number of rotatable bonds is 9. The number of ether oxygens (including phenoxy) is 1. The molecule has 3 aromatic heterocycles. The third kappa shape index (κ3) is 4.93. The summed E-state index contributed by atoms with van der Waals surface area (Å²) < 4.78 is 46.3. The molecule has 4 aliphatic rings. The smallest absolute Gasteiger partial charge is 0.388 e. The summed E-state index contributed by atoms with van der Waals surface area (Å²) >= 11 is 1.42. The quantitative estimate of drug-likeness (QED) is 0.342. The average molecular weight is 591 g/mol. The molecule has 11 nitrogen and oxygen atoms in total. The summed E-state index contributed by atoms with van der Waals surface area (Å²) in [4.78, 5) is 27.5. The molecule has 0 radical (unpaired) electrons. The lowest BCUT2D eigenvalue weighted by Crippen LogP contribution is -2.36. The zero-order valence-corrected chi connectivity index (χ0v) is 23.0. The van der Waals surface area contributed by atoms with E-state index in [1.54, 1.807) is 13.4 Å². The molecule has 41 heavy (non-hydrogen) atoms. The lowest BCUT2D eigenvalue weighted by molar-refractivity contribution is -0.124. The van der Waals surface area contributed by atoms with Crippen LogP contribution in [0.5, 0.6) is 5.88 Å². The van der Waals surface area contributed by atoms with E-state index in [4.69, 9.17) is 0 Å². The molecule has 3 fully saturated rings. The number of carbonyl (C=O) groups excluding carboxylic acids is 2. The Balaban J connectivity index is 1.13. The molecule has 0 saturated heterocycles. The molecule has 2 amide bonds. The molecule has 7 rings (SSSR count).